The lowest BCUT2D eigenvalue weighted by atomic mass is 10.0. The van der Waals surface area contributed by atoms with E-state index >= 15 is 0 Å². The summed E-state index contributed by atoms with van der Waals surface area (Å²) in [5.41, 5.74) is 1.08. The Morgan fingerprint density at radius 3 is 2.42 bits per heavy atom. The van der Waals surface area contributed by atoms with Crippen molar-refractivity contribution in [3.05, 3.63) is 35.1 Å². The van der Waals surface area contributed by atoms with Gasteiger partial charge in [0.2, 0.25) is 5.91 Å². The Bertz CT molecular complexity index is 815. The number of amides is 1. The van der Waals surface area contributed by atoms with Gasteiger partial charge in [-0.05, 0) is 44.4 Å². The molecule has 5 nitrogen and oxygen atoms in total. The second kappa shape index (κ2) is 10.9. The molecule has 10 heteroatoms. The Morgan fingerprint density at radius 1 is 1.15 bits per heavy atom. The molecule has 0 bridgehead atoms. The highest BCUT2D eigenvalue weighted by molar-refractivity contribution is 7.91. The molecular weight excluding hydrogens is 458 g/mol. The molecule has 186 valence electrons. The van der Waals surface area contributed by atoms with E-state index in [9.17, 15) is 26.9 Å². The lowest BCUT2D eigenvalue weighted by molar-refractivity contribution is -0.202. The highest BCUT2D eigenvalue weighted by Gasteiger charge is 2.47. The number of hydrogen-bond acceptors (Lipinski definition) is 4. The number of nitrogens with zero attached hydrogens (tertiary/aromatic N) is 3. The fraction of sp³-hybridized carbons (Fsp3) is 0.696. The van der Waals surface area contributed by atoms with Gasteiger partial charge in [-0.3, -0.25) is 14.6 Å². The first-order chi connectivity index (χ1) is 15.5. The fourth-order valence-corrected chi connectivity index (χ4v) is 5.73. The maximum absolute atomic E-state index is 14.5. The molecule has 0 radical (unpaired) electrons. The van der Waals surface area contributed by atoms with Crippen LogP contribution in [0.25, 0.3) is 0 Å². The number of piperazine rings is 1. The number of carbonyl (C=O) groups is 1. The maximum Gasteiger partial charge on any atom is 0.405 e. The lowest BCUT2D eigenvalue weighted by Crippen LogP contribution is -2.61. The summed E-state index contributed by atoms with van der Waals surface area (Å²) in [4.78, 5) is 17.7. The van der Waals surface area contributed by atoms with E-state index in [1.54, 1.807) is 19.9 Å². The van der Waals surface area contributed by atoms with Crippen molar-refractivity contribution in [2.24, 2.45) is 0 Å². The third-order valence-corrected chi connectivity index (χ3v) is 7.91. The largest absolute Gasteiger partial charge is 0.616 e. The predicted molar refractivity (Wildman–Crippen MR) is 121 cm³/mol. The molecule has 33 heavy (non-hydrogen) atoms. The SMILES string of the molecule is CC(Cc1cc(CC(=O)N2CCN(C(C)C)C(C(F)(F)F)C2)ccc1F)N1CC[S+]([O-])CC1. The molecule has 2 unspecified atom stereocenters. The van der Waals surface area contributed by atoms with E-state index in [2.05, 4.69) is 4.90 Å². The molecule has 2 heterocycles. The van der Waals surface area contributed by atoms with Crippen LogP contribution in [0.2, 0.25) is 0 Å². The Kier molecular flexibility index (Phi) is 8.69. The Balaban J connectivity index is 1.64. The van der Waals surface area contributed by atoms with Crippen LogP contribution in [-0.4, -0.2) is 93.7 Å². The van der Waals surface area contributed by atoms with Crippen LogP contribution in [0.3, 0.4) is 0 Å². The molecule has 0 aliphatic carbocycles. The summed E-state index contributed by atoms with van der Waals surface area (Å²) in [5.74, 6) is 0.493. The zero-order valence-electron chi connectivity index (χ0n) is 19.4. The Labute approximate surface area is 196 Å². The van der Waals surface area contributed by atoms with Crippen molar-refractivity contribution >= 4 is 17.1 Å². The van der Waals surface area contributed by atoms with Crippen LogP contribution in [-0.2, 0) is 28.8 Å². The summed E-state index contributed by atoms with van der Waals surface area (Å²) in [6.45, 7) is 6.87. The number of hydrogen-bond donors (Lipinski definition) is 0. The van der Waals surface area contributed by atoms with Crippen molar-refractivity contribution in [2.45, 2.75) is 57.9 Å². The van der Waals surface area contributed by atoms with Crippen molar-refractivity contribution in [3.63, 3.8) is 0 Å². The van der Waals surface area contributed by atoms with Gasteiger partial charge in [0.05, 0.1) is 6.42 Å². The first kappa shape index (κ1) is 26.2. The van der Waals surface area contributed by atoms with Gasteiger partial charge >= 0.3 is 6.18 Å². The highest BCUT2D eigenvalue weighted by atomic mass is 32.2. The van der Waals surface area contributed by atoms with Gasteiger partial charge in [0.15, 0.2) is 0 Å². The van der Waals surface area contributed by atoms with Gasteiger partial charge in [0.1, 0.15) is 23.4 Å². The summed E-state index contributed by atoms with van der Waals surface area (Å²) in [6.07, 6.45) is -4.02. The smallest absolute Gasteiger partial charge is 0.405 e. The zero-order chi connectivity index (χ0) is 24.3. The molecular formula is C23H33F4N3O2S. The Hall–Kier alpha value is -1.36. The third-order valence-electron chi connectivity index (χ3n) is 6.63. The van der Waals surface area contributed by atoms with Gasteiger partial charge < -0.3 is 9.45 Å². The van der Waals surface area contributed by atoms with Crippen molar-refractivity contribution in [1.82, 2.24) is 14.7 Å². The van der Waals surface area contributed by atoms with E-state index in [1.165, 1.54) is 21.9 Å². The zero-order valence-corrected chi connectivity index (χ0v) is 20.2. The molecule has 1 aromatic carbocycles. The third kappa shape index (κ3) is 6.83. The van der Waals surface area contributed by atoms with E-state index in [1.807, 2.05) is 6.92 Å². The lowest BCUT2D eigenvalue weighted by Gasteiger charge is -2.44. The van der Waals surface area contributed by atoms with Crippen LogP contribution in [0, 0.1) is 5.82 Å². The average molecular weight is 492 g/mol. The highest BCUT2D eigenvalue weighted by Crippen LogP contribution is 2.29. The molecule has 1 aromatic rings. The van der Waals surface area contributed by atoms with Gasteiger partial charge in [-0.1, -0.05) is 23.3 Å². The van der Waals surface area contributed by atoms with E-state index in [4.69, 9.17) is 0 Å². The number of alkyl halides is 3. The second-order valence-corrected chi connectivity index (χ2v) is 11.0. The van der Waals surface area contributed by atoms with E-state index in [0.717, 1.165) is 0 Å². The normalized spacial score (nSPS) is 22.7. The summed E-state index contributed by atoms with van der Waals surface area (Å²) in [7, 11) is 0. The molecule has 0 aromatic heterocycles. The van der Waals surface area contributed by atoms with Crippen LogP contribution < -0.4 is 0 Å². The van der Waals surface area contributed by atoms with E-state index < -0.39 is 23.4 Å². The van der Waals surface area contributed by atoms with E-state index in [-0.39, 0.29) is 49.9 Å². The number of benzene rings is 1. The van der Waals surface area contributed by atoms with Gasteiger partial charge in [0.25, 0.3) is 0 Å². The van der Waals surface area contributed by atoms with Gasteiger partial charge in [-0.2, -0.15) is 13.2 Å². The minimum Gasteiger partial charge on any atom is -0.616 e. The average Bonchev–Trinajstić information content (AvgIpc) is 2.75. The summed E-state index contributed by atoms with van der Waals surface area (Å²) >= 11 is -0.786. The molecule has 2 saturated heterocycles. The first-order valence-electron chi connectivity index (χ1n) is 11.4. The quantitative estimate of drug-likeness (QED) is 0.454. The van der Waals surface area contributed by atoms with Crippen molar-refractivity contribution < 1.29 is 26.9 Å². The van der Waals surface area contributed by atoms with Crippen LogP contribution in [0.15, 0.2) is 18.2 Å². The fourth-order valence-electron chi connectivity index (χ4n) is 4.65. The van der Waals surface area contributed by atoms with Crippen LogP contribution in [0.4, 0.5) is 17.6 Å². The molecule has 0 saturated carbocycles. The number of halogens is 4. The number of rotatable bonds is 6. The molecule has 3 rings (SSSR count). The molecule has 2 fully saturated rings. The topological polar surface area (TPSA) is 49.9 Å². The minimum atomic E-state index is -4.41. The summed E-state index contributed by atoms with van der Waals surface area (Å²) in [6, 6.07) is 2.60. The van der Waals surface area contributed by atoms with Gasteiger partial charge in [-0.15, -0.1) is 0 Å². The van der Waals surface area contributed by atoms with Gasteiger partial charge in [-0.25, -0.2) is 4.39 Å². The molecule has 2 aliphatic rings. The van der Waals surface area contributed by atoms with Gasteiger partial charge in [0, 0.05) is 44.8 Å². The standard InChI is InChI=1S/C23H33F4N3O2S/c1-16(2)30-7-6-29(15-21(30)23(25,26)27)22(31)14-18-4-5-20(24)19(13-18)12-17(3)28-8-10-33(32)11-9-28/h4-5,13,16-17,21H,6-12,14-15H2,1-3H3. The first-order valence-corrected chi connectivity index (χ1v) is 12.9. The summed E-state index contributed by atoms with van der Waals surface area (Å²) in [5, 5.41) is 0. The predicted octanol–water partition coefficient (Wildman–Crippen LogP) is 2.85. The molecule has 2 aliphatic heterocycles. The van der Waals surface area contributed by atoms with Crippen molar-refractivity contribution in [3.8, 4) is 0 Å². The number of carbonyl (C=O) groups excluding carboxylic acids is 1. The van der Waals surface area contributed by atoms with Crippen LogP contribution in [0.1, 0.15) is 31.9 Å². The van der Waals surface area contributed by atoms with Crippen LogP contribution >= 0.6 is 0 Å². The molecule has 2 atom stereocenters. The molecule has 0 spiro atoms. The van der Waals surface area contributed by atoms with Crippen molar-refractivity contribution in [2.75, 3.05) is 44.2 Å². The monoisotopic (exact) mass is 491 g/mol. The summed E-state index contributed by atoms with van der Waals surface area (Å²) < 4.78 is 66.7. The second-order valence-electron chi connectivity index (χ2n) is 9.27. The minimum absolute atomic E-state index is 0.0550. The Morgan fingerprint density at radius 2 is 1.82 bits per heavy atom. The molecule has 0 N–H and O–H groups in total. The molecule has 1 amide bonds. The van der Waals surface area contributed by atoms with Crippen LogP contribution in [0.5, 0.6) is 0 Å². The van der Waals surface area contributed by atoms with Crippen molar-refractivity contribution in [1.29, 1.82) is 0 Å². The van der Waals surface area contributed by atoms with E-state index in [0.29, 0.717) is 42.1 Å². The maximum atomic E-state index is 14.5.